The zero-order chi connectivity index (χ0) is 31.3. The van der Waals surface area contributed by atoms with Crippen LogP contribution in [0.25, 0.3) is 0 Å². The molecule has 0 aliphatic rings. The summed E-state index contributed by atoms with van der Waals surface area (Å²) in [6, 6.07) is 4.27. The molecule has 0 spiro atoms. The van der Waals surface area contributed by atoms with Crippen LogP contribution in [0.15, 0.2) is 18.2 Å². The molecule has 18 heteroatoms. The van der Waals surface area contributed by atoms with E-state index in [1.807, 2.05) is 20.1 Å². The Labute approximate surface area is 248 Å². The summed E-state index contributed by atoms with van der Waals surface area (Å²) < 4.78 is 54.7. The first-order chi connectivity index (χ1) is 18.9. The fourth-order valence-corrected chi connectivity index (χ4v) is 5.93. The molecule has 0 unspecified atom stereocenters. The van der Waals surface area contributed by atoms with Gasteiger partial charge in [-0.05, 0) is 49.8 Å². The van der Waals surface area contributed by atoms with E-state index in [1.54, 1.807) is 21.6 Å². The molecular weight excluding hydrogens is 621 g/mol. The van der Waals surface area contributed by atoms with E-state index in [4.69, 9.17) is 8.37 Å². The number of hydrogen-bond acceptors (Lipinski definition) is 12. The van der Waals surface area contributed by atoms with Crippen LogP contribution in [0.3, 0.4) is 0 Å². The van der Waals surface area contributed by atoms with E-state index in [0.717, 1.165) is 12.5 Å². The lowest BCUT2D eigenvalue weighted by molar-refractivity contribution is -0.128. The predicted molar refractivity (Wildman–Crippen MR) is 158 cm³/mol. The van der Waals surface area contributed by atoms with Gasteiger partial charge in [0, 0.05) is 16.9 Å². The predicted octanol–water partition coefficient (Wildman–Crippen LogP) is 0.496. The van der Waals surface area contributed by atoms with Crippen LogP contribution in [0.2, 0.25) is 0 Å². The van der Waals surface area contributed by atoms with Gasteiger partial charge in [0.1, 0.15) is 0 Å². The van der Waals surface area contributed by atoms with E-state index in [2.05, 4.69) is 21.3 Å². The molecule has 1 rings (SSSR count). The van der Waals surface area contributed by atoms with E-state index >= 15 is 0 Å². The third-order valence-electron chi connectivity index (χ3n) is 4.82. The Morgan fingerprint density at radius 1 is 0.756 bits per heavy atom. The molecule has 0 saturated carbocycles. The quantitative estimate of drug-likeness (QED) is 0.126. The number of hydrogen-bond donors (Lipinski definition) is 4. The minimum atomic E-state index is -3.77. The van der Waals surface area contributed by atoms with Gasteiger partial charge in [0.15, 0.2) is 0 Å². The van der Waals surface area contributed by atoms with Crippen molar-refractivity contribution in [3.8, 4) is 0 Å². The Balaban J connectivity index is 2.55. The molecule has 0 saturated heterocycles. The Morgan fingerprint density at radius 2 is 1.20 bits per heavy atom. The fraction of sp³-hybridized carbons (Fsp3) is 0.565. The van der Waals surface area contributed by atoms with Crippen molar-refractivity contribution < 1.29 is 44.4 Å². The standard InChI is InChI=1S/C23H36N4O10S4/c1-23(2,39-38-3)7-6-19(28)24-11-20(29)25-12-21(30)26-13-22(31)27-18-9-16(14-36-40(4,32)33)8-17(10-18)15-37-41(5,34)35/h8-10H,6-7,11-15H2,1-5H3,(H,24,28)(H,25,29)(H,26,30)(H,27,31). The van der Waals surface area contributed by atoms with Crippen LogP contribution in [0.4, 0.5) is 5.69 Å². The highest BCUT2D eigenvalue weighted by Crippen LogP contribution is 2.36. The summed E-state index contributed by atoms with van der Waals surface area (Å²) in [5, 5.41) is 9.66. The molecule has 0 fully saturated rings. The largest absolute Gasteiger partial charge is 0.347 e. The zero-order valence-electron chi connectivity index (χ0n) is 23.4. The van der Waals surface area contributed by atoms with E-state index in [1.165, 1.54) is 18.2 Å². The van der Waals surface area contributed by atoms with Crippen molar-refractivity contribution >= 4 is 71.1 Å². The van der Waals surface area contributed by atoms with Crippen molar-refractivity contribution in [2.24, 2.45) is 0 Å². The molecule has 0 atom stereocenters. The number of carbonyl (C=O) groups excluding carboxylic acids is 4. The van der Waals surface area contributed by atoms with Crippen LogP contribution in [-0.4, -0.2) is 83.6 Å². The molecule has 14 nitrogen and oxygen atoms in total. The highest BCUT2D eigenvalue weighted by molar-refractivity contribution is 8.76. The molecule has 4 amide bonds. The van der Waals surface area contributed by atoms with Crippen molar-refractivity contribution in [3.63, 3.8) is 0 Å². The number of amides is 4. The summed E-state index contributed by atoms with van der Waals surface area (Å²) in [4.78, 5) is 48.3. The van der Waals surface area contributed by atoms with Crippen LogP contribution >= 0.6 is 21.6 Å². The Bertz CT molecular complexity index is 1250. The van der Waals surface area contributed by atoms with Crippen LogP contribution in [-0.2, 0) is 61.0 Å². The molecule has 0 aromatic heterocycles. The van der Waals surface area contributed by atoms with E-state index < -0.39 is 51.0 Å². The first-order valence-electron chi connectivity index (χ1n) is 12.0. The van der Waals surface area contributed by atoms with Gasteiger partial charge in [-0.2, -0.15) is 16.8 Å². The van der Waals surface area contributed by atoms with Gasteiger partial charge in [0.2, 0.25) is 23.6 Å². The number of nitrogens with one attached hydrogen (secondary N) is 4. The van der Waals surface area contributed by atoms with Gasteiger partial charge in [0.05, 0.1) is 45.4 Å². The minimum Gasteiger partial charge on any atom is -0.347 e. The smallest absolute Gasteiger partial charge is 0.264 e. The lowest BCUT2D eigenvalue weighted by Crippen LogP contribution is -2.43. The van der Waals surface area contributed by atoms with Crippen LogP contribution in [0.5, 0.6) is 0 Å². The minimum absolute atomic E-state index is 0.0895. The lowest BCUT2D eigenvalue weighted by atomic mass is 10.1. The van der Waals surface area contributed by atoms with Gasteiger partial charge >= 0.3 is 0 Å². The normalized spacial score (nSPS) is 11.9. The number of rotatable bonds is 18. The number of benzene rings is 1. The first kappa shape index (κ1) is 36.6. The summed E-state index contributed by atoms with van der Waals surface area (Å²) in [5.74, 6) is -2.18. The average molecular weight is 657 g/mol. The van der Waals surface area contributed by atoms with E-state index in [0.29, 0.717) is 17.5 Å². The molecule has 0 bridgehead atoms. The van der Waals surface area contributed by atoms with Crippen molar-refractivity contribution in [1.29, 1.82) is 0 Å². The summed E-state index contributed by atoms with van der Waals surface area (Å²) in [6.45, 7) is 2.11. The van der Waals surface area contributed by atoms with Crippen LogP contribution in [0.1, 0.15) is 37.8 Å². The number of carbonyl (C=O) groups is 4. The lowest BCUT2D eigenvalue weighted by Gasteiger charge is -2.21. The second-order valence-electron chi connectivity index (χ2n) is 9.36. The van der Waals surface area contributed by atoms with Gasteiger partial charge in [-0.15, -0.1) is 0 Å². The summed E-state index contributed by atoms with van der Waals surface area (Å²) in [6.07, 6.45) is 4.57. The second kappa shape index (κ2) is 16.9. The zero-order valence-corrected chi connectivity index (χ0v) is 26.7. The molecule has 0 aliphatic heterocycles. The molecule has 1 aromatic carbocycles. The monoisotopic (exact) mass is 656 g/mol. The summed E-state index contributed by atoms with van der Waals surface area (Å²) >= 11 is 0. The number of anilines is 1. The van der Waals surface area contributed by atoms with Crippen molar-refractivity contribution in [2.45, 2.75) is 44.6 Å². The van der Waals surface area contributed by atoms with Crippen molar-refractivity contribution in [1.82, 2.24) is 16.0 Å². The highest BCUT2D eigenvalue weighted by atomic mass is 33.1. The maximum absolute atomic E-state index is 12.3. The molecule has 232 valence electrons. The summed E-state index contributed by atoms with van der Waals surface area (Å²) in [5.41, 5.74) is 0.786. The maximum Gasteiger partial charge on any atom is 0.264 e. The van der Waals surface area contributed by atoms with Gasteiger partial charge in [-0.1, -0.05) is 27.7 Å². The second-order valence-corrected chi connectivity index (χ2v) is 15.8. The van der Waals surface area contributed by atoms with Gasteiger partial charge in [-0.25, -0.2) is 0 Å². The molecule has 0 aliphatic carbocycles. The van der Waals surface area contributed by atoms with Crippen LogP contribution in [0, 0.1) is 0 Å². The Kier molecular flexibility index (Phi) is 15.1. The molecule has 1 aromatic rings. The van der Waals surface area contributed by atoms with E-state index in [9.17, 15) is 36.0 Å². The third-order valence-corrected chi connectivity index (χ3v) is 8.58. The molecular formula is C23H36N4O10S4. The molecule has 41 heavy (non-hydrogen) atoms. The summed E-state index contributed by atoms with van der Waals surface area (Å²) in [7, 11) is -4.27. The fourth-order valence-electron chi connectivity index (χ4n) is 2.99. The van der Waals surface area contributed by atoms with E-state index in [-0.39, 0.29) is 42.5 Å². The topological polar surface area (TPSA) is 203 Å². The average Bonchev–Trinajstić information content (AvgIpc) is 2.85. The van der Waals surface area contributed by atoms with Gasteiger partial charge in [-0.3, -0.25) is 27.5 Å². The maximum atomic E-state index is 12.3. The van der Waals surface area contributed by atoms with Gasteiger partial charge in [0.25, 0.3) is 20.2 Å². The third kappa shape index (κ3) is 18.6. The molecule has 0 heterocycles. The SMILES string of the molecule is CSSC(C)(C)CCC(=O)NCC(=O)NCC(=O)NCC(=O)Nc1cc(COS(C)(=O)=O)cc(COS(C)(=O)=O)c1. The molecule has 4 N–H and O–H groups in total. The van der Waals surface area contributed by atoms with Crippen molar-refractivity contribution in [2.75, 3.05) is 43.7 Å². The van der Waals surface area contributed by atoms with Crippen LogP contribution < -0.4 is 21.3 Å². The Hall–Kier alpha value is -2.38. The highest BCUT2D eigenvalue weighted by Gasteiger charge is 2.20. The first-order valence-corrected chi connectivity index (χ1v) is 18.2. The van der Waals surface area contributed by atoms with Gasteiger partial charge < -0.3 is 21.3 Å². The van der Waals surface area contributed by atoms with Crippen molar-refractivity contribution in [3.05, 3.63) is 29.3 Å². The Morgan fingerprint density at radius 3 is 1.63 bits per heavy atom. The molecule has 0 radical (unpaired) electrons.